The van der Waals surface area contributed by atoms with Gasteiger partial charge in [-0.25, -0.2) is 9.97 Å². The molecule has 0 fully saturated rings. The number of aromatic nitrogens is 3. The van der Waals surface area contributed by atoms with Crippen molar-refractivity contribution in [2.75, 3.05) is 20.1 Å². The van der Waals surface area contributed by atoms with Gasteiger partial charge in [-0.05, 0) is 87.7 Å². The monoisotopic (exact) mass is 616 g/mol. The fourth-order valence-electron chi connectivity index (χ4n) is 5.31. The molecule has 0 aliphatic carbocycles. The van der Waals surface area contributed by atoms with Gasteiger partial charge in [0.1, 0.15) is 10.7 Å². The van der Waals surface area contributed by atoms with Gasteiger partial charge in [-0.2, -0.15) is 0 Å². The van der Waals surface area contributed by atoms with Crippen molar-refractivity contribution in [1.82, 2.24) is 19.4 Å². The van der Waals surface area contributed by atoms with E-state index < -0.39 is 11.6 Å². The molecule has 1 aliphatic rings. The van der Waals surface area contributed by atoms with Crippen molar-refractivity contribution in [2.45, 2.75) is 46.1 Å². The molecule has 0 unspecified atom stereocenters. The number of aryl methyl sites for hydroxylation is 2. The van der Waals surface area contributed by atoms with Gasteiger partial charge in [-0.15, -0.1) is 11.3 Å². The third kappa shape index (κ3) is 6.99. The third-order valence-electron chi connectivity index (χ3n) is 7.29. The van der Waals surface area contributed by atoms with Crippen LogP contribution in [0.3, 0.4) is 0 Å². The Morgan fingerprint density at radius 2 is 1.81 bits per heavy atom. The van der Waals surface area contributed by atoms with E-state index in [1.165, 1.54) is 11.1 Å². The quantitative estimate of drug-likeness (QED) is 0.211. The van der Waals surface area contributed by atoms with Crippen molar-refractivity contribution in [1.29, 1.82) is 0 Å². The summed E-state index contributed by atoms with van der Waals surface area (Å²) in [6, 6.07) is 11.8. The molecule has 4 heterocycles. The summed E-state index contributed by atoms with van der Waals surface area (Å²) in [5, 5.41) is 20.8. The molecule has 1 aliphatic heterocycles. The van der Waals surface area contributed by atoms with Crippen LogP contribution in [-0.2, 0) is 18.3 Å². The second-order valence-corrected chi connectivity index (χ2v) is 13.6. The lowest BCUT2D eigenvalue weighted by molar-refractivity contribution is -0.136. The standard InChI is InChI=1S/C30H27ClN4O2S.C4H10O/c1-17-12-25-28(27(22(17)14-26(36)37)19-4-6-21(31)7-5-19)38-30(33-25)20-13-23-24(16-35(3)29(23)32-15-20)18-8-10-34(2)11-9-18;1-4(2,3)5/h4-8,12-13,15-16H,9-11,14H2,1-3H3,(H,36,37);5H,1-3H3. The molecule has 9 heteroatoms. The zero-order chi connectivity index (χ0) is 31.1. The predicted molar refractivity (Wildman–Crippen MR) is 178 cm³/mol. The minimum absolute atomic E-state index is 0.0574. The van der Waals surface area contributed by atoms with E-state index in [9.17, 15) is 9.90 Å². The van der Waals surface area contributed by atoms with Gasteiger partial charge in [0.05, 0.1) is 22.2 Å². The second kappa shape index (κ2) is 12.2. The molecule has 0 amide bonds. The van der Waals surface area contributed by atoms with Crippen LogP contribution in [0.5, 0.6) is 0 Å². The number of halogens is 1. The molecule has 0 bridgehead atoms. The molecular formula is C34H37ClN4O3S. The van der Waals surface area contributed by atoms with E-state index in [0.717, 1.165) is 73.6 Å². The fourth-order valence-corrected chi connectivity index (χ4v) is 6.55. The average Bonchev–Trinajstić information content (AvgIpc) is 3.49. The van der Waals surface area contributed by atoms with Crippen LogP contribution in [0.25, 0.3) is 48.5 Å². The highest BCUT2D eigenvalue weighted by Crippen LogP contribution is 2.42. The number of fused-ring (bicyclic) bond motifs is 2. The molecular weight excluding hydrogens is 580 g/mol. The van der Waals surface area contributed by atoms with E-state index in [0.29, 0.717) is 5.02 Å². The van der Waals surface area contributed by atoms with Crippen LogP contribution in [-0.4, -0.2) is 61.4 Å². The molecule has 43 heavy (non-hydrogen) atoms. The van der Waals surface area contributed by atoms with Crippen LogP contribution in [0.2, 0.25) is 5.02 Å². The van der Waals surface area contributed by atoms with Gasteiger partial charge in [0.15, 0.2) is 0 Å². The maximum Gasteiger partial charge on any atom is 0.307 e. The molecule has 224 valence electrons. The number of aliphatic carboxylic acids is 1. The van der Waals surface area contributed by atoms with Crippen LogP contribution >= 0.6 is 22.9 Å². The molecule has 0 atom stereocenters. The van der Waals surface area contributed by atoms with E-state index in [-0.39, 0.29) is 6.42 Å². The number of carbonyl (C=O) groups is 1. The van der Waals surface area contributed by atoms with Gasteiger partial charge in [-0.3, -0.25) is 4.79 Å². The van der Waals surface area contributed by atoms with Crippen LogP contribution in [0.4, 0.5) is 0 Å². The fraction of sp³-hybridized carbons (Fsp3) is 0.324. The van der Waals surface area contributed by atoms with E-state index in [1.54, 1.807) is 32.1 Å². The summed E-state index contributed by atoms with van der Waals surface area (Å²) in [5.74, 6) is -0.859. The van der Waals surface area contributed by atoms with E-state index >= 15 is 0 Å². The maximum absolute atomic E-state index is 11.8. The molecule has 2 aromatic carbocycles. The Morgan fingerprint density at radius 3 is 2.44 bits per heavy atom. The highest BCUT2D eigenvalue weighted by atomic mass is 35.5. The van der Waals surface area contributed by atoms with E-state index in [4.69, 9.17) is 26.7 Å². The number of thiazole rings is 1. The van der Waals surface area contributed by atoms with Crippen LogP contribution in [0.1, 0.15) is 43.9 Å². The molecule has 5 aromatic rings. The van der Waals surface area contributed by atoms with Gasteiger partial charge in [0, 0.05) is 59.6 Å². The first-order valence-corrected chi connectivity index (χ1v) is 15.4. The predicted octanol–water partition coefficient (Wildman–Crippen LogP) is 7.60. The van der Waals surface area contributed by atoms with Gasteiger partial charge in [0.2, 0.25) is 0 Å². The zero-order valence-electron chi connectivity index (χ0n) is 25.4. The Kier molecular flexibility index (Phi) is 8.77. The number of carboxylic acids is 1. The van der Waals surface area contributed by atoms with E-state index in [1.807, 2.05) is 50.5 Å². The largest absolute Gasteiger partial charge is 0.481 e. The Balaban J connectivity index is 0.000000682. The van der Waals surface area contributed by atoms with Crippen LogP contribution in [0, 0.1) is 6.92 Å². The number of hydrogen-bond donors (Lipinski definition) is 2. The first-order valence-electron chi connectivity index (χ1n) is 14.2. The SMILES string of the molecule is CC(C)(C)O.Cc1cc2nc(-c3cnc4c(c3)c(C3=CCN(C)CC3)cn4C)sc2c(-c2ccc(Cl)cc2)c1CC(=O)O. The van der Waals surface area contributed by atoms with Crippen molar-refractivity contribution in [2.24, 2.45) is 7.05 Å². The molecule has 0 spiro atoms. The van der Waals surface area contributed by atoms with Crippen LogP contribution < -0.4 is 0 Å². The Bertz CT molecular complexity index is 1840. The van der Waals surface area contributed by atoms with Gasteiger partial charge in [0.25, 0.3) is 0 Å². The molecule has 7 nitrogen and oxygen atoms in total. The van der Waals surface area contributed by atoms with Crippen molar-refractivity contribution in [3.8, 4) is 21.7 Å². The van der Waals surface area contributed by atoms with Crippen molar-refractivity contribution in [3.05, 3.63) is 76.6 Å². The van der Waals surface area contributed by atoms with Gasteiger partial charge >= 0.3 is 5.97 Å². The highest BCUT2D eigenvalue weighted by Gasteiger charge is 2.21. The number of aliphatic hydroxyl groups is 1. The van der Waals surface area contributed by atoms with Gasteiger partial charge in [-0.1, -0.05) is 29.8 Å². The molecule has 2 N–H and O–H groups in total. The second-order valence-electron chi connectivity index (χ2n) is 12.2. The number of nitrogens with zero attached hydrogens (tertiary/aromatic N) is 4. The summed E-state index contributed by atoms with van der Waals surface area (Å²) >= 11 is 7.74. The first kappa shape index (κ1) is 30.9. The lowest BCUT2D eigenvalue weighted by Crippen LogP contribution is -2.23. The summed E-state index contributed by atoms with van der Waals surface area (Å²) in [7, 11) is 4.18. The third-order valence-corrected chi connectivity index (χ3v) is 8.68. The van der Waals surface area contributed by atoms with E-state index in [2.05, 4.69) is 34.9 Å². The molecule has 0 radical (unpaired) electrons. The van der Waals surface area contributed by atoms with Gasteiger partial charge < -0.3 is 19.7 Å². The topological polar surface area (TPSA) is 91.5 Å². The highest BCUT2D eigenvalue weighted by molar-refractivity contribution is 7.22. The average molecular weight is 617 g/mol. The minimum Gasteiger partial charge on any atom is -0.481 e. The zero-order valence-corrected chi connectivity index (χ0v) is 27.0. The summed E-state index contributed by atoms with van der Waals surface area (Å²) in [4.78, 5) is 23.9. The molecule has 3 aromatic heterocycles. The van der Waals surface area contributed by atoms with Crippen molar-refractivity contribution >= 4 is 55.7 Å². The Hall–Kier alpha value is -3.56. The van der Waals surface area contributed by atoms with Crippen LogP contribution in [0.15, 0.2) is 54.9 Å². The Labute approximate surface area is 261 Å². The number of rotatable bonds is 5. The normalized spacial score (nSPS) is 14.1. The number of carboxylic acid groups (broad SMARTS) is 1. The number of hydrogen-bond acceptors (Lipinski definition) is 6. The maximum atomic E-state index is 11.8. The van der Waals surface area contributed by atoms with Crippen molar-refractivity contribution < 1.29 is 15.0 Å². The summed E-state index contributed by atoms with van der Waals surface area (Å²) in [6.45, 7) is 9.17. The lowest BCUT2D eigenvalue weighted by atomic mass is 9.93. The summed E-state index contributed by atoms with van der Waals surface area (Å²) < 4.78 is 3.06. The number of likely N-dealkylation sites (N-methyl/N-ethyl adjacent to an activating group) is 1. The minimum atomic E-state index is -0.859. The molecule has 0 saturated carbocycles. The smallest absolute Gasteiger partial charge is 0.307 e. The lowest BCUT2D eigenvalue weighted by Gasteiger charge is -2.21. The first-order chi connectivity index (χ1) is 20.3. The Morgan fingerprint density at radius 1 is 1.12 bits per heavy atom. The molecule has 6 rings (SSSR count). The number of benzene rings is 2. The molecule has 0 saturated heterocycles. The van der Waals surface area contributed by atoms with Crippen molar-refractivity contribution in [3.63, 3.8) is 0 Å². The number of pyridine rings is 1. The summed E-state index contributed by atoms with van der Waals surface area (Å²) in [5.41, 5.74) is 8.41. The summed E-state index contributed by atoms with van der Waals surface area (Å²) in [6.07, 6.45) is 7.33.